The van der Waals surface area contributed by atoms with Crippen LogP contribution in [0.5, 0.6) is 23.0 Å². The van der Waals surface area contributed by atoms with Crippen LogP contribution < -0.4 is 35.1 Å². The molecule has 3 N–H and O–H groups in total. The Bertz CT molecular complexity index is 2360. The van der Waals surface area contributed by atoms with Crippen molar-refractivity contribution in [3.8, 4) is 23.0 Å². The number of hydrogen-bond donors (Lipinski definition) is 3. The largest absolute Gasteiger partial charge is 0.491 e. The van der Waals surface area contributed by atoms with Crippen LogP contribution in [0.4, 0.5) is 16.4 Å². The number of aromatic amines is 1. The normalized spacial score (nSPS) is 13.1. The maximum absolute atomic E-state index is 13.9. The molecule has 7 rings (SSSR count). The number of amides is 2. The molecular formula is C53H66N4O10. The summed E-state index contributed by atoms with van der Waals surface area (Å²) in [7, 11) is 0. The number of anilines is 2. The molecule has 8 bridgehead atoms. The molecule has 0 radical (unpaired) electrons. The predicted molar refractivity (Wildman–Crippen MR) is 259 cm³/mol. The Morgan fingerprint density at radius 1 is 0.522 bits per heavy atom. The first-order chi connectivity index (χ1) is 32.9. The molecule has 2 amide bonds. The molecule has 0 saturated carbocycles. The number of urea groups is 1. The van der Waals surface area contributed by atoms with Gasteiger partial charge < -0.3 is 43.2 Å². The van der Waals surface area contributed by atoms with Crippen molar-refractivity contribution >= 4 is 17.7 Å². The van der Waals surface area contributed by atoms with Crippen molar-refractivity contribution < 1.29 is 42.7 Å². The fourth-order valence-electron chi connectivity index (χ4n) is 8.72. The number of ether oxygens (including phenoxy) is 8. The summed E-state index contributed by atoms with van der Waals surface area (Å²) in [6.07, 6.45) is 5.09. The molecule has 0 atom stereocenters. The van der Waals surface area contributed by atoms with E-state index in [0.29, 0.717) is 135 Å². The van der Waals surface area contributed by atoms with E-state index < -0.39 is 6.03 Å². The van der Waals surface area contributed by atoms with Crippen molar-refractivity contribution in [3.05, 3.63) is 133 Å². The summed E-state index contributed by atoms with van der Waals surface area (Å²) >= 11 is 0. The van der Waals surface area contributed by atoms with E-state index in [4.69, 9.17) is 37.9 Å². The number of benzene rings is 4. The minimum absolute atomic E-state index is 0.102. The maximum atomic E-state index is 13.9. The number of para-hydroxylation sites is 3. The molecule has 0 fully saturated rings. The number of carbonyl (C=O) groups excluding carboxylic acids is 1. The highest BCUT2D eigenvalue weighted by Gasteiger charge is 2.24. The quantitative estimate of drug-likeness (QED) is 0.0560. The van der Waals surface area contributed by atoms with Crippen LogP contribution in [0.3, 0.4) is 0 Å². The molecule has 2 aliphatic rings. The number of nitrogens with one attached hydrogen (secondary N) is 3. The van der Waals surface area contributed by atoms with Crippen LogP contribution in [-0.4, -0.2) is 95.3 Å². The Labute approximate surface area is 394 Å². The number of hydrogen-bond acceptors (Lipinski definition) is 11. The van der Waals surface area contributed by atoms with Crippen LogP contribution in [0.2, 0.25) is 0 Å². The Hall–Kier alpha value is -5.93. The maximum Gasteiger partial charge on any atom is 0.326 e. The minimum Gasteiger partial charge on any atom is -0.491 e. The van der Waals surface area contributed by atoms with E-state index in [9.17, 15) is 9.59 Å². The van der Waals surface area contributed by atoms with Gasteiger partial charge in [0, 0.05) is 74.5 Å². The Kier molecular flexibility index (Phi) is 18.5. The highest BCUT2D eigenvalue weighted by Crippen LogP contribution is 2.40. The molecule has 1 heterocycles. The van der Waals surface area contributed by atoms with Gasteiger partial charge in [-0.15, -0.1) is 0 Å². The van der Waals surface area contributed by atoms with Crippen molar-refractivity contribution in [1.29, 1.82) is 0 Å². The molecule has 67 heavy (non-hydrogen) atoms. The molecule has 4 aromatic carbocycles. The number of nitrogens with zero attached hydrogens (tertiary/aromatic N) is 1. The highest BCUT2D eigenvalue weighted by atomic mass is 16.5. The van der Waals surface area contributed by atoms with Crippen LogP contribution in [0.1, 0.15) is 96.3 Å². The summed E-state index contributed by atoms with van der Waals surface area (Å²) in [4.78, 5) is 34.2. The second-order valence-corrected chi connectivity index (χ2v) is 16.4. The Morgan fingerprint density at radius 2 is 0.896 bits per heavy atom. The van der Waals surface area contributed by atoms with Crippen LogP contribution in [0.25, 0.3) is 0 Å². The second-order valence-electron chi connectivity index (χ2n) is 16.4. The zero-order valence-corrected chi connectivity index (χ0v) is 39.5. The van der Waals surface area contributed by atoms with Crippen molar-refractivity contribution in [2.24, 2.45) is 0 Å². The van der Waals surface area contributed by atoms with Gasteiger partial charge in [0.15, 0.2) is 0 Å². The summed E-state index contributed by atoms with van der Waals surface area (Å²) in [6, 6.07) is 22.1. The molecule has 0 unspecified atom stereocenters. The van der Waals surface area contributed by atoms with Gasteiger partial charge in [-0.1, -0.05) is 54.6 Å². The van der Waals surface area contributed by atoms with E-state index in [2.05, 4.69) is 75.2 Å². The Morgan fingerprint density at radius 3 is 1.30 bits per heavy atom. The number of carbonyl (C=O) groups is 1. The lowest BCUT2D eigenvalue weighted by molar-refractivity contribution is 0.108. The summed E-state index contributed by atoms with van der Waals surface area (Å²) in [5.41, 5.74) is 9.19. The van der Waals surface area contributed by atoms with E-state index in [1.807, 2.05) is 39.8 Å². The van der Waals surface area contributed by atoms with Crippen LogP contribution in [-0.2, 0) is 57.5 Å². The topological polar surface area (TPSA) is 161 Å². The lowest BCUT2D eigenvalue weighted by Gasteiger charge is -2.23. The van der Waals surface area contributed by atoms with Gasteiger partial charge in [0.2, 0.25) is 5.95 Å². The highest BCUT2D eigenvalue weighted by molar-refractivity contribution is 5.99. The molecule has 358 valence electrons. The number of fused-ring (bicyclic) bond motifs is 9. The fraction of sp³-hybridized carbons (Fsp3) is 0.453. The van der Waals surface area contributed by atoms with Crippen molar-refractivity contribution in [3.63, 3.8) is 0 Å². The van der Waals surface area contributed by atoms with Crippen LogP contribution in [0.15, 0.2) is 71.5 Å². The summed E-state index contributed by atoms with van der Waals surface area (Å²) < 4.78 is 49.7. The predicted octanol–water partition coefficient (Wildman–Crippen LogP) is 8.63. The number of rotatable bonds is 22. The van der Waals surface area contributed by atoms with E-state index in [-0.39, 0.29) is 11.5 Å². The van der Waals surface area contributed by atoms with Crippen LogP contribution >= 0.6 is 0 Å². The van der Waals surface area contributed by atoms with Gasteiger partial charge in [-0.25, -0.2) is 9.78 Å². The molecule has 0 aliphatic heterocycles. The standard InChI is InChI=1S/C53H66N4O10/c1-5-60-22-26-64-47-36-14-11-15-37(47)31-39-17-13-19-41(49(39)66-28-24-62-7-3)33-43-35-44(54-53(59)57-52-55-46-21-10-9-20-45(46)51(58)56-52)34-42(50(43)67-29-25-63-8-4)32-40-18-12-16-38(30-36)48(40)65-27-23-61-6-2/h11-19,34-35H,5-10,20-33H2,1-4H3,(H3,54,55,56,57,58,59). The molecule has 14 nitrogen and oxygen atoms in total. The van der Waals surface area contributed by atoms with Crippen molar-refractivity contribution in [2.45, 2.75) is 79.1 Å². The number of aryl methyl sites for hydroxylation is 1. The smallest absolute Gasteiger partial charge is 0.326 e. The zero-order chi connectivity index (χ0) is 46.8. The third-order valence-corrected chi connectivity index (χ3v) is 11.7. The average molecular weight is 919 g/mol. The van der Waals surface area contributed by atoms with E-state index >= 15 is 0 Å². The van der Waals surface area contributed by atoms with Crippen LogP contribution in [0, 0.1) is 0 Å². The van der Waals surface area contributed by atoms with E-state index in [1.165, 1.54) is 0 Å². The fourth-order valence-corrected chi connectivity index (χ4v) is 8.72. The van der Waals surface area contributed by atoms with Gasteiger partial charge in [0.25, 0.3) is 5.56 Å². The first kappa shape index (κ1) is 49.0. The average Bonchev–Trinajstić information content (AvgIpc) is 3.32. The summed E-state index contributed by atoms with van der Waals surface area (Å²) in [5.74, 6) is 3.07. The van der Waals surface area contributed by atoms with Gasteiger partial charge in [-0.2, -0.15) is 0 Å². The lowest BCUT2D eigenvalue weighted by Crippen LogP contribution is -2.27. The third kappa shape index (κ3) is 13.4. The van der Waals surface area contributed by atoms with E-state index in [1.54, 1.807) is 0 Å². The molecule has 0 spiro atoms. The van der Waals surface area contributed by atoms with Gasteiger partial charge >= 0.3 is 6.03 Å². The zero-order valence-electron chi connectivity index (χ0n) is 39.5. The van der Waals surface area contributed by atoms with Gasteiger partial charge in [-0.05, 0) is 98.9 Å². The van der Waals surface area contributed by atoms with E-state index in [0.717, 1.165) is 80.3 Å². The molecule has 1 aromatic heterocycles. The molecular weight excluding hydrogens is 853 g/mol. The molecule has 2 aliphatic carbocycles. The molecule has 5 aromatic rings. The van der Waals surface area contributed by atoms with Gasteiger partial charge in [0.1, 0.15) is 49.4 Å². The monoisotopic (exact) mass is 918 g/mol. The first-order valence-corrected chi connectivity index (χ1v) is 23.9. The first-order valence-electron chi connectivity index (χ1n) is 23.9. The number of H-pyrrole nitrogens is 1. The summed E-state index contributed by atoms with van der Waals surface area (Å²) in [6.45, 7) is 13.3. The molecule has 14 heteroatoms. The molecule has 0 saturated heterocycles. The summed E-state index contributed by atoms with van der Waals surface area (Å²) in [5, 5.41) is 5.85. The van der Waals surface area contributed by atoms with Gasteiger partial charge in [-0.3, -0.25) is 15.1 Å². The SMILES string of the molecule is CCOCCOc1c2cccc1Cc1cccc(c1OCCOCC)Cc1cc(NC(=O)Nc3nc4c(c(=O)[nH]3)CCCC4)cc(c1OCCOCC)Cc1cccc(c1OCCOCC)C2. The van der Waals surface area contributed by atoms with Gasteiger partial charge in [0.05, 0.1) is 32.1 Å². The number of aromatic nitrogens is 2. The lowest BCUT2D eigenvalue weighted by atomic mass is 9.91. The third-order valence-electron chi connectivity index (χ3n) is 11.7. The second kappa shape index (κ2) is 25.3. The Balaban J connectivity index is 1.38. The van der Waals surface area contributed by atoms with Crippen molar-refractivity contribution in [1.82, 2.24) is 9.97 Å². The minimum atomic E-state index is -0.549. The van der Waals surface area contributed by atoms with Crippen molar-refractivity contribution in [2.75, 3.05) is 89.9 Å².